The van der Waals surface area contributed by atoms with Crippen LogP contribution in [-0.2, 0) is 0 Å². The molecule has 3 fully saturated rings. The highest BCUT2D eigenvalue weighted by atomic mass is 32.1. The van der Waals surface area contributed by atoms with E-state index in [0.717, 1.165) is 23.5 Å². The van der Waals surface area contributed by atoms with Gasteiger partial charge in [-0.25, -0.2) is 0 Å². The number of piperidine rings is 1. The van der Waals surface area contributed by atoms with Crippen molar-refractivity contribution in [2.24, 2.45) is 17.8 Å². The second-order valence-electron chi connectivity index (χ2n) is 8.31. The maximum absolute atomic E-state index is 5.86. The molecule has 1 heterocycles. The molecule has 0 amide bonds. The summed E-state index contributed by atoms with van der Waals surface area (Å²) in [5.74, 6) is 2.54. The van der Waals surface area contributed by atoms with Crippen molar-refractivity contribution in [1.82, 2.24) is 15.1 Å². The van der Waals surface area contributed by atoms with E-state index in [1.165, 1.54) is 51.6 Å². The minimum atomic E-state index is 0.636. The third-order valence-corrected chi connectivity index (χ3v) is 6.35. The first kappa shape index (κ1) is 16.5. The van der Waals surface area contributed by atoms with Crippen LogP contribution in [0, 0.1) is 17.8 Å². The Labute approximate surface area is 141 Å². The van der Waals surface area contributed by atoms with Crippen LogP contribution in [0.15, 0.2) is 0 Å². The van der Waals surface area contributed by atoms with Crippen LogP contribution in [0.25, 0.3) is 0 Å². The molecule has 0 aromatic rings. The summed E-state index contributed by atoms with van der Waals surface area (Å²) in [7, 11) is 2.23. The number of fused-ring (bicyclic) bond motifs is 2. The van der Waals surface area contributed by atoms with Crippen molar-refractivity contribution in [1.29, 1.82) is 0 Å². The first-order valence-electron chi connectivity index (χ1n) is 9.28. The van der Waals surface area contributed by atoms with Gasteiger partial charge in [-0.15, -0.1) is 0 Å². The summed E-state index contributed by atoms with van der Waals surface area (Å²) in [6.45, 7) is 8.12. The van der Waals surface area contributed by atoms with Gasteiger partial charge in [-0.3, -0.25) is 0 Å². The third kappa shape index (κ3) is 3.76. The predicted octanol–water partition coefficient (Wildman–Crippen LogP) is 3.10. The van der Waals surface area contributed by atoms with Crippen molar-refractivity contribution in [3.63, 3.8) is 0 Å². The number of likely N-dealkylation sites (tertiary alicyclic amines) is 1. The first-order chi connectivity index (χ1) is 10.5. The molecule has 1 N–H and O–H groups in total. The molecule has 0 aromatic heterocycles. The molecule has 4 heteroatoms. The van der Waals surface area contributed by atoms with Crippen LogP contribution in [0.5, 0.6) is 0 Å². The van der Waals surface area contributed by atoms with Crippen molar-refractivity contribution in [2.75, 3.05) is 26.7 Å². The Morgan fingerprint density at radius 3 is 2.45 bits per heavy atom. The minimum Gasteiger partial charge on any atom is -0.360 e. The summed E-state index contributed by atoms with van der Waals surface area (Å²) in [4.78, 5) is 4.97. The van der Waals surface area contributed by atoms with Gasteiger partial charge in [0, 0.05) is 18.6 Å². The van der Waals surface area contributed by atoms with Gasteiger partial charge in [0.05, 0.1) is 0 Å². The van der Waals surface area contributed by atoms with Gasteiger partial charge < -0.3 is 15.1 Å². The van der Waals surface area contributed by atoms with Crippen molar-refractivity contribution in [3.05, 3.63) is 0 Å². The highest BCUT2D eigenvalue weighted by Gasteiger charge is 2.40. The third-order valence-electron chi connectivity index (χ3n) is 6.00. The molecule has 0 radical (unpaired) electrons. The molecule has 2 bridgehead atoms. The van der Waals surface area contributed by atoms with E-state index in [0.29, 0.717) is 18.0 Å². The summed E-state index contributed by atoms with van der Waals surface area (Å²) in [6, 6.07) is 1.30. The zero-order valence-electron chi connectivity index (χ0n) is 14.6. The molecule has 1 aliphatic heterocycles. The van der Waals surface area contributed by atoms with Crippen molar-refractivity contribution in [3.8, 4) is 0 Å². The summed E-state index contributed by atoms with van der Waals surface area (Å²) < 4.78 is 0. The van der Waals surface area contributed by atoms with Crippen LogP contribution < -0.4 is 5.32 Å². The van der Waals surface area contributed by atoms with Crippen LogP contribution >= 0.6 is 12.2 Å². The van der Waals surface area contributed by atoms with E-state index in [2.05, 4.69) is 36.0 Å². The maximum Gasteiger partial charge on any atom is 0.169 e. The standard InChI is InChI=1S/C18H33N3S/c1-13(2)12-21(16-6-8-20(3)9-7-16)18(22)19-17-11-14-4-5-15(17)10-14/h13-17H,4-12H2,1-3H3,(H,19,22)/t14-,15-,17+/m0/s1. The molecule has 2 saturated carbocycles. The van der Waals surface area contributed by atoms with Gasteiger partial charge in [-0.05, 0) is 82.2 Å². The van der Waals surface area contributed by atoms with Gasteiger partial charge in [-0.2, -0.15) is 0 Å². The van der Waals surface area contributed by atoms with Crippen LogP contribution in [-0.4, -0.2) is 53.7 Å². The molecular weight excluding hydrogens is 290 g/mol. The Morgan fingerprint density at radius 2 is 1.91 bits per heavy atom. The molecule has 0 spiro atoms. The van der Waals surface area contributed by atoms with Gasteiger partial charge in [0.15, 0.2) is 5.11 Å². The molecule has 3 atom stereocenters. The van der Waals surface area contributed by atoms with E-state index in [1.807, 2.05) is 0 Å². The number of thiocarbonyl (C=S) groups is 1. The molecular formula is C18H33N3S. The second-order valence-corrected chi connectivity index (χ2v) is 8.70. The van der Waals surface area contributed by atoms with Crippen LogP contribution in [0.2, 0.25) is 0 Å². The van der Waals surface area contributed by atoms with E-state index in [4.69, 9.17) is 12.2 Å². The molecule has 0 aromatic carbocycles. The van der Waals surface area contributed by atoms with Gasteiger partial charge in [-0.1, -0.05) is 20.3 Å². The maximum atomic E-state index is 5.86. The average molecular weight is 324 g/mol. The Bertz CT molecular complexity index is 390. The van der Waals surface area contributed by atoms with E-state index >= 15 is 0 Å². The van der Waals surface area contributed by atoms with Gasteiger partial charge in [0.1, 0.15) is 0 Å². The summed E-state index contributed by atoms with van der Waals surface area (Å²) in [5, 5.41) is 4.81. The predicted molar refractivity (Wildman–Crippen MR) is 97.0 cm³/mol. The molecule has 22 heavy (non-hydrogen) atoms. The van der Waals surface area contributed by atoms with Gasteiger partial charge in [0.2, 0.25) is 0 Å². The lowest BCUT2D eigenvalue weighted by Gasteiger charge is -2.41. The number of hydrogen-bond acceptors (Lipinski definition) is 2. The van der Waals surface area contributed by atoms with Crippen LogP contribution in [0.1, 0.15) is 52.4 Å². The van der Waals surface area contributed by atoms with Crippen molar-refractivity contribution >= 4 is 17.3 Å². The monoisotopic (exact) mass is 323 g/mol. The SMILES string of the molecule is CC(C)CN(C(=S)N[C@@H]1C[C@H]2CC[C@H]1C2)C1CCN(C)CC1. The van der Waals surface area contributed by atoms with Crippen LogP contribution in [0.4, 0.5) is 0 Å². The molecule has 1 saturated heterocycles. The van der Waals surface area contributed by atoms with E-state index in [9.17, 15) is 0 Å². The van der Waals surface area contributed by atoms with E-state index < -0.39 is 0 Å². The second kappa shape index (κ2) is 7.04. The fourth-order valence-corrected chi connectivity index (χ4v) is 5.14. The Morgan fingerprint density at radius 1 is 1.18 bits per heavy atom. The quantitative estimate of drug-likeness (QED) is 0.801. The number of nitrogens with zero attached hydrogens (tertiary/aromatic N) is 2. The zero-order valence-corrected chi connectivity index (χ0v) is 15.4. The average Bonchev–Trinajstić information content (AvgIpc) is 3.08. The molecule has 3 aliphatic rings. The Balaban J connectivity index is 1.59. The number of nitrogens with one attached hydrogen (secondary N) is 1. The van der Waals surface area contributed by atoms with E-state index in [-0.39, 0.29) is 0 Å². The summed E-state index contributed by atoms with van der Waals surface area (Å²) >= 11 is 5.86. The lowest BCUT2D eigenvalue weighted by Crippen LogP contribution is -2.53. The first-order valence-corrected chi connectivity index (χ1v) is 9.69. The van der Waals surface area contributed by atoms with Crippen molar-refractivity contribution in [2.45, 2.75) is 64.5 Å². The molecule has 0 unspecified atom stereocenters. The molecule has 126 valence electrons. The number of hydrogen-bond donors (Lipinski definition) is 1. The largest absolute Gasteiger partial charge is 0.360 e. The highest BCUT2D eigenvalue weighted by Crippen LogP contribution is 2.44. The topological polar surface area (TPSA) is 18.5 Å². The Kier molecular flexibility index (Phi) is 5.28. The zero-order chi connectivity index (χ0) is 15.7. The molecule has 3 nitrogen and oxygen atoms in total. The van der Waals surface area contributed by atoms with Crippen LogP contribution in [0.3, 0.4) is 0 Å². The fraction of sp³-hybridized carbons (Fsp3) is 0.944. The van der Waals surface area contributed by atoms with Gasteiger partial charge >= 0.3 is 0 Å². The highest BCUT2D eigenvalue weighted by molar-refractivity contribution is 7.80. The smallest absolute Gasteiger partial charge is 0.169 e. The minimum absolute atomic E-state index is 0.636. The summed E-state index contributed by atoms with van der Waals surface area (Å²) in [5.41, 5.74) is 0. The normalized spacial score (nSPS) is 32.6. The number of rotatable bonds is 4. The lowest BCUT2D eigenvalue weighted by molar-refractivity contribution is 0.164. The molecule has 3 rings (SSSR count). The fourth-order valence-electron chi connectivity index (χ4n) is 4.76. The molecule has 2 aliphatic carbocycles. The Hall–Kier alpha value is -0.350. The van der Waals surface area contributed by atoms with Crippen molar-refractivity contribution < 1.29 is 0 Å². The van der Waals surface area contributed by atoms with Gasteiger partial charge in [0.25, 0.3) is 0 Å². The lowest BCUT2D eigenvalue weighted by atomic mass is 9.95. The van der Waals surface area contributed by atoms with E-state index in [1.54, 1.807) is 0 Å². The summed E-state index contributed by atoms with van der Waals surface area (Å²) in [6.07, 6.45) is 8.18.